The fourth-order valence-electron chi connectivity index (χ4n) is 2.69. The minimum Gasteiger partial charge on any atom is -0.366 e. The van der Waals surface area contributed by atoms with Gasteiger partial charge >= 0.3 is 0 Å². The standard InChI is InChI=1S/C16H25FN2/c1-12(2)10-18-11-14-6-7-16(15(17)9-14)19-8-4-5-13(19)3/h6-7,9,12-13,18H,4-5,8,10-11H2,1-3H3. The topological polar surface area (TPSA) is 15.3 Å². The Labute approximate surface area is 116 Å². The second-order valence-electron chi connectivity index (χ2n) is 6.00. The van der Waals surface area contributed by atoms with Crippen LogP contribution in [0.3, 0.4) is 0 Å². The van der Waals surface area contributed by atoms with Gasteiger partial charge in [-0.3, -0.25) is 0 Å². The molecule has 1 fully saturated rings. The molecule has 0 saturated carbocycles. The predicted molar refractivity (Wildman–Crippen MR) is 79.0 cm³/mol. The molecule has 19 heavy (non-hydrogen) atoms. The quantitative estimate of drug-likeness (QED) is 0.874. The smallest absolute Gasteiger partial charge is 0.146 e. The fourth-order valence-corrected chi connectivity index (χ4v) is 2.69. The van der Waals surface area contributed by atoms with E-state index in [1.54, 1.807) is 6.07 Å². The van der Waals surface area contributed by atoms with Gasteiger partial charge in [0.25, 0.3) is 0 Å². The second-order valence-corrected chi connectivity index (χ2v) is 6.00. The number of halogens is 1. The number of anilines is 1. The van der Waals surface area contributed by atoms with Gasteiger partial charge in [0, 0.05) is 19.1 Å². The van der Waals surface area contributed by atoms with Gasteiger partial charge in [-0.15, -0.1) is 0 Å². The van der Waals surface area contributed by atoms with Crippen molar-refractivity contribution < 1.29 is 4.39 Å². The lowest BCUT2D eigenvalue weighted by Crippen LogP contribution is -2.27. The maximum absolute atomic E-state index is 14.2. The van der Waals surface area contributed by atoms with Crippen LogP contribution in [0.1, 0.15) is 39.2 Å². The van der Waals surface area contributed by atoms with Crippen molar-refractivity contribution in [2.24, 2.45) is 5.92 Å². The van der Waals surface area contributed by atoms with Crippen LogP contribution in [-0.2, 0) is 6.54 Å². The highest BCUT2D eigenvalue weighted by Gasteiger charge is 2.22. The Balaban J connectivity index is 2.00. The average Bonchev–Trinajstić information content (AvgIpc) is 2.75. The molecule has 1 heterocycles. The van der Waals surface area contributed by atoms with Gasteiger partial charge in [-0.1, -0.05) is 19.9 Å². The van der Waals surface area contributed by atoms with E-state index < -0.39 is 0 Å². The van der Waals surface area contributed by atoms with Gasteiger partial charge in [-0.2, -0.15) is 0 Å². The molecule has 106 valence electrons. The molecule has 0 bridgehead atoms. The third-order valence-electron chi connectivity index (χ3n) is 3.76. The average molecular weight is 264 g/mol. The lowest BCUT2D eigenvalue weighted by molar-refractivity contribution is 0.549. The van der Waals surface area contributed by atoms with Crippen molar-refractivity contribution in [3.8, 4) is 0 Å². The molecule has 1 aliphatic heterocycles. The summed E-state index contributed by atoms with van der Waals surface area (Å²) in [5, 5.41) is 3.35. The second kappa shape index (κ2) is 6.38. The predicted octanol–water partition coefficient (Wildman–Crippen LogP) is 3.56. The Morgan fingerprint density at radius 3 is 2.79 bits per heavy atom. The van der Waals surface area contributed by atoms with Crippen LogP contribution in [0.15, 0.2) is 18.2 Å². The first-order valence-corrected chi connectivity index (χ1v) is 7.33. The molecule has 0 aliphatic carbocycles. The van der Waals surface area contributed by atoms with Crippen LogP contribution in [0.5, 0.6) is 0 Å². The monoisotopic (exact) mass is 264 g/mol. The number of nitrogens with one attached hydrogen (secondary N) is 1. The molecule has 1 aromatic carbocycles. The first-order chi connectivity index (χ1) is 9.08. The normalized spacial score (nSPS) is 19.4. The van der Waals surface area contributed by atoms with Crippen molar-refractivity contribution in [2.75, 3.05) is 18.0 Å². The summed E-state index contributed by atoms with van der Waals surface area (Å²) < 4.78 is 14.2. The van der Waals surface area contributed by atoms with E-state index in [9.17, 15) is 4.39 Å². The zero-order valence-electron chi connectivity index (χ0n) is 12.2. The molecular formula is C16H25FN2. The molecule has 0 aromatic heterocycles. The van der Waals surface area contributed by atoms with E-state index in [0.29, 0.717) is 12.0 Å². The number of hydrogen-bond donors (Lipinski definition) is 1. The minimum atomic E-state index is -0.0856. The summed E-state index contributed by atoms with van der Waals surface area (Å²) in [6.45, 7) is 9.20. The first kappa shape index (κ1) is 14.3. The number of benzene rings is 1. The highest BCUT2D eigenvalue weighted by molar-refractivity contribution is 5.50. The molecule has 0 spiro atoms. The van der Waals surface area contributed by atoms with Gasteiger partial charge < -0.3 is 10.2 Å². The van der Waals surface area contributed by atoms with Crippen molar-refractivity contribution in [2.45, 2.75) is 46.2 Å². The van der Waals surface area contributed by atoms with Gasteiger partial charge in [-0.05, 0) is 49.9 Å². The largest absolute Gasteiger partial charge is 0.366 e. The Kier molecular flexibility index (Phi) is 4.81. The molecule has 3 heteroatoms. The molecule has 2 rings (SSSR count). The summed E-state index contributed by atoms with van der Waals surface area (Å²) in [4.78, 5) is 2.18. The summed E-state index contributed by atoms with van der Waals surface area (Å²) in [5.41, 5.74) is 1.78. The number of nitrogens with zero attached hydrogens (tertiary/aromatic N) is 1. The van der Waals surface area contributed by atoms with E-state index in [1.165, 1.54) is 0 Å². The molecule has 1 aromatic rings. The van der Waals surface area contributed by atoms with Crippen molar-refractivity contribution in [1.82, 2.24) is 5.32 Å². The van der Waals surface area contributed by atoms with Crippen LogP contribution in [0, 0.1) is 11.7 Å². The summed E-state index contributed by atoms with van der Waals surface area (Å²) in [6, 6.07) is 6.10. The molecule has 1 N–H and O–H groups in total. The Morgan fingerprint density at radius 2 is 2.21 bits per heavy atom. The Hall–Kier alpha value is -1.09. The van der Waals surface area contributed by atoms with Crippen molar-refractivity contribution in [3.05, 3.63) is 29.6 Å². The maximum atomic E-state index is 14.2. The summed E-state index contributed by atoms with van der Waals surface area (Å²) >= 11 is 0. The SMILES string of the molecule is CC(C)CNCc1ccc(N2CCCC2C)c(F)c1. The van der Waals surface area contributed by atoms with Crippen molar-refractivity contribution >= 4 is 5.69 Å². The number of hydrogen-bond acceptors (Lipinski definition) is 2. The molecule has 1 unspecified atom stereocenters. The zero-order valence-corrected chi connectivity index (χ0v) is 12.2. The molecule has 0 radical (unpaired) electrons. The van der Waals surface area contributed by atoms with E-state index in [4.69, 9.17) is 0 Å². The van der Waals surface area contributed by atoms with Gasteiger partial charge in [-0.25, -0.2) is 4.39 Å². The Bertz CT molecular complexity index is 417. The van der Waals surface area contributed by atoms with Crippen LogP contribution in [0.2, 0.25) is 0 Å². The van der Waals surface area contributed by atoms with Gasteiger partial charge in [0.1, 0.15) is 5.82 Å². The van der Waals surface area contributed by atoms with Crippen LogP contribution in [-0.4, -0.2) is 19.1 Å². The van der Waals surface area contributed by atoms with Crippen LogP contribution >= 0.6 is 0 Å². The van der Waals surface area contributed by atoms with E-state index in [-0.39, 0.29) is 5.82 Å². The lowest BCUT2D eigenvalue weighted by Gasteiger charge is -2.24. The third-order valence-corrected chi connectivity index (χ3v) is 3.76. The lowest BCUT2D eigenvalue weighted by atomic mass is 10.1. The summed E-state index contributed by atoms with van der Waals surface area (Å²) in [6.07, 6.45) is 2.33. The molecule has 1 atom stereocenters. The fraction of sp³-hybridized carbons (Fsp3) is 0.625. The molecule has 0 amide bonds. The van der Waals surface area contributed by atoms with Crippen LogP contribution in [0.4, 0.5) is 10.1 Å². The molecule has 2 nitrogen and oxygen atoms in total. The van der Waals surface area contributed by atoms with E-state index >= 15 is 0 Å². The van der Waals surface area contributed by atoms with Gasteiger partial charge in [0.15, 0.2) is 0 Å². The molecule has 1 saturated heterocycles. The summed E-state index contributed by atoms with van der Waals surface area (Å²) in [7, 11) is 0. The first-order valence-electron chi connectivity index (χ1n) is 7.33. The van der Waals surface area contributed by atoms with E-state index in [1.807, 2.05) is 12.1 Å². The highest BCUT2D eigenvalue weighted by atomic mass is 19.1. The van der Waals surface area contributed by atoms with Crippen LogP contribution < -0.4 is 10.2 Å². The number of rotatable bonds is 5. The zero-order chi connectivity index (χ0) is 13.8. The highest BCUT2D eigenvalue weighted by Crippen LogP contribution is 2.28. The van der Waals surface area contributed by atoms with Gasteiger partial charge in [0.2, 0.25) is 0 Å². The Morgan fingerprint density at radius 1 is 1.42 bits per heavy atom. The maximum Gasteiger partial charge on any atom is 0.146 e. The molecular weight excluding hydrogens is 239 g/mol. The van der Waals surface area contributed by atoms with Crippen molar-refractivity contribution in [3.63, 3.8) is 0 Å². The van der Waals surface area contributed by atoms with Gasteiger partial charge in [0.05, 0.1) is 5.69 Å². The third kappa shape index (κ3) is 3.69. The van der Waals surface area contributed by atoms with E-state index in [2.05, 4.69) is 31.0 Å². The van der Waals surface area contributed by atoms with Crippen molar-refractivity contribution in [1.29, 1.82) is 0 Å². The minimum absolute atomic E-state index is 0.0856. The summed E-state index contributed by atoms with van der Waals surface area (Å²) in [5.74, 6) is 0.534. The van der Waals surface area contributed by atoms with Crippen LogP contribution in [0.25, 0.3) is 0 Å². The van der Waals surface area contributed by atoms with E-state index in [0.717, 1.165) is 43.7 Å². The molecule has 1 aliphatic rings.